The summed E-state index contributed by atoms with van der Waals surface area (Å²) in [7, 11) is 0. The summed E-state index contributed by atoms with van der Waals surface area (Å²) < 4.78 is 1.95. The molecule has 1 aromatic rings. The number of alkyl halides is 1. The van der Waals surface area contributed by atoms with E-state index in [1.807, 2.05) is 45.4 Å². The standard InChI is InChI=1S/C17H8IN4/c1-18-6-15-16(11(7-19)8-20)13-4-2-3-5-14(13)17(15)12(9-21)10-22/h2-6H,1H3/q-1. The van der Waals surface area contributed by atoms with Crippen molar-refractivity contribution < 1.29 is 21.2 Å². The minimum absolute atomic E-state index is 0.00128. The summed E-state index contributed by atoms with van der Waals surface area (Å²) in [5.74, 6) is 0. The van der Waals surface area contributed by atoms with Crippen LogP contribution >= 0.6 is 0 Å². The Bertz CT molecular complexity index is 803. The van der Waals surface area contributed by atoms with Gasteiger partial charge in [0.2, 0.25) is 0 Å². The third-order valence-corrected chi connectivity index (χ3v) is 4.42. The van der Waals surface area contributed by atoms with Crippen LogP contribution in [0.25, 0.3) is 11.1 Å². The molecule has 0 saturated carbocycles. The first-order valence-electron chi connectivity index (χ1n) is 6.11. The first-order chi connectivity index (χ1) is 10.7. The van der Waals surface area contributed by atoms with Gasteiger partial charge < -0.3 is 0 Å². The second kappa shape index (κ2) is 6.72. The number of nitrogens with zero attached hydrogens (tertiary/aromatic N) is 4. The van der Waals surface area contributed by atoms with Crippen LogP contribution in [0, 0.1) is 45.3 Å². The number of hydrogen-bond donors (Lipinski definition) is 0. The summed E-state index contributed by atoms with van der Waals surface area (Å²) in [5.41, 5.74) is 3.17. The van der Waals surface area contributed by atoms with Gasteiger partial charge in [-0.1, -0.05) is 0 Å². The molecule has 0 radical (unpaired) electrons. The zero-order valence-electron chi connectivity index (χ0n) is 11.6. The van der Waals surface area contributed by atoms with Crippen LogP contribution in [-0.2, 0) is 0 Å². The van der Waals surface area contributed by atoms with Gasteiger partial charge in [0.05, 0.1) is 0 Å². The molecule has 104 valence electrons. The first-order valence-corrected chi connectivity index (χ1v) is 9.51. The third-order valence-electron chi connectivity index (χ3n) is 3.17. The number of benzene rings is 1. The number of halogens is 1. The van der Waals surface area contributed by atoms with Gasteiger partial charge in [-0.05, 0) is 0 Å². The van der Waals surface area contributed by atoms with Crippen LogP contribution in [0.5, 0.6) is 0 Å². The summed E-state index contributed by atoms with van der Waals surface area (Å²) in [6.07, 6.45) is 0. The third kappa shape index (κ3) is 2.40. The Balaban J connectivity index is 3.03. The molecule has 1 aliphatic carbocycles. The molecule has 0 atom stereocenters. The van der Waals surface area contributed by atoms with E-state index >= 15 is 0 Å². The molecule has 0 bridgehead atoms. The van der Waals surface area contributed by atoms with Crippen molar-refractivity contribution in [3.05, 3.63) is 56.2 Å². The molecule has 0 heterocycles. The molecule has 0 saturated heterocycles. The Morgan fingerprint density at radius 1 is 0.864 bits per heavy atom. The monoisotopic (exact) mass is 395 g/mol. The molecule has 1 aliphatic rings. The van der Waals surface area contributed by atoms with Crippen LogP contribution in [-0.4, -0.2) is 4.93 Å². The number of allylic oxidation sites excluding steroid dienone is 5. The Morgan fingerprint density at radius 3 is 1.59 bits per heavy atom. The molecule has 0 N–H and O–H groups in total. The van der Waals surface area contributed by atoms with Crippen LogP contribution in [0.15, 0.2) is 45.1 Å². The van der Waals surface area contributed by atoms with Gasteiger partial charge in [-0.2, -0.15) is 0 Å². The van der Waals surface area contributed by atoms with Crippen LogP contribution in [0.2, 0.25) is 0 Å². The molecule has 5 heteroatoms. The van der Waals surface area contributed by atoms with Crippen LogP contribution in [0.4, 0.5) is 0 Å². The van der Waals surface area contributed by atoms with E-state index in [9.17, 15) is 21.0 Å². The zero-order valence-corrected chi connectivity index (χ0v) is 13.7. The van der Waals surface area contributed by atoms with Gasteiger partial charge in [-0.15, -0.1) is 0 Å². The Kier molecular flexibility index (Phi) is 4.74. The summed E-state index contributed by atoms with van der Waals surface area (Å²) in [5, 5.41) is 37.0. The van der Waals surface area contributed by atoms with Gasteiger partial charge >= 0.3 is 139 Å². The van der Waals surface area contributed by atoms with Crippen molar-refractivity contribution in [3.8, 4) is 24.3 Å². The van der Waals surface area contributed by atoms with E-state index in [1.54, 1.807) is 12.1 Å². The van der Waals surface area contributed by atoms with E-state index in [4.69, 9.17) is 0 Å². The molecule has 4 nitrogen and oxygen atoms in total. The van der Waals surface area contributed by atoms with Crippen molar-refractivity contribution in [3.63, 3.8) is 0 Å². The number of fused-ring (bicyclic) bond motifs is 1. The molecule has 0 amide bonds. The average Bonchev–Trinajstić information content (AvgIpc) is 2.86. The molecule has 1 aromatic carbocycles. The number of nitriles is 4. The predicted molar refractivity (Wildman–Crippen MR) is 76.7 cm³/mol. The number of hydrogen-bond acceptors (Lipinski definition) is 4. The van der Waals surface area contributed by atoms with Gasteiger partial charge in [0.25, 0.3) is 0 Å². The van der Waals surface area contributed by atoms with Gasteiger partial charge in [-0.3, -0.25) is 0 Å². The molecule has 0 aliphatic heterocycles. The van der Waals surface area contributed by atoms with Crippen molar-refractivity contribution in [1.82, 2.24) is 0 Å². The minimum atomic E-state index is -0.304. The molecule has 2 rings (SSSR count). The fourth-order valence-electron chi connectivity index (χ4n) is 2.36. The van der Waals surface area contributed by atoms with Gasteiger partial charge in [0, 0.05) is 0 Å². The predicted octanol–water partition coefficient (Wildman–Crippen LogP) is -0.0956. The zero-order chi connectivity index (χ0) is 16.1. The van der Waals surface area contributed by atoms with Crippen LogP contribution in [0.1, 0.15) is 11.1 Å². The van der Waals surface area contributed by atoms with Crippen molar-refractivity contribution in [2.75, 3.05) is 4.93 Å². The molecular formula is C17H8IN4-. The maximum atomic E-state index is 9.24. The first kappa shape index (κ1) is 15.5. The van der Waals surface area contributed by atoms with E-state index in [-0.39, 0.29) is 32.4 Å². The van der Waals surface area contributed by atoms with E-state index in [1.165, 1.54) is 0 Å². The summed E-state index contributed by atoms with van der Waals surface area (Å²) >= 11 is -0.304. The van der Waals surface area contributed by atoms with Crippen molar-refractivity contribution in [2.45, 2.75) is 0 Å². The SMILES string of the molecule is C[I-]C=C1C(=C(C#N)C#N)c2ccccc2C1=C(C#N)C#N. The van der Waals surface area contributed by atoms with Crippen molar-refractivity contribution >= 4 is 11.1 Å². The molecule has 22 heavy (non-hydrogen) atoms. The molecule has 0 unspecified atom stereocenters. The second-order valence-corrected chi connectivity index (χ2v) is 6.10. The van der Waals surface area contributed by atoms with Gasteiger partial charge in [-0.25, -0.2) is 0 Å². The van der Waals surface area contributed by atoms with E-state index in [2.05, 4.69) is 0 Å². The van der Waals surface area contributed by atoms with Crippen LogP contribution in [0.3, 0.4) is 0 Å². The van der Waals surface area contributed by atoms with Crippen molar-refractivity contribution in [2.24, 2.45) is 0 Å². The van der Waals surface area contributed by atoms with Crippen molar-refractivity contribution in [1.29, 1.82) is 21.0 Å². The quantitative estimate of drug-likeness (QED) is 0.377. The Labute approximate surface area is 138 Å². The summed E-state index contributed by atoms with van der Waals surface area (Å²) in [4.78, 5) is 2.03. The fraction of sp³-hybridized carbons (Fsp3) is 0.0588. The Hall–Kier alpha value is -2.87. The average molecular weight is 395 g/mol. The van der Waals surface area contributed by atoms with Gasteiger partial charge in [0.1, 0.15) is 0 Å². The maximum absolute atomic E-state index is 9.24. The molecular weight excluding hydrogens is 387 g/mol. The Morgan fingerprint density at radius 2 is 1.27 bits per heavy atom. The normalized spacial score (nSPS) is 11.8. The molecule has 0 fully saturated rings. The second-order valence-electron chi connectivity index (χ2n) is 4.23. The van der Waals surface area contributed by atoms with Gasteiger partial charge in [0.15, 0.2) is 0 Å². The van der Waals surface area contributed by atoms with Crippen LogP contribution < -0.4 is 21.2 Å². The summed E-state index contributed by atoms with van der Waals surface area (Å²) in [6.45, 7) is 0. The topological polar surface area (TPSA) is 95.2 Å². The van der Waals surface area contributed by atoms with E-state index < -0.39 is 0 Å². The summed E-state index contributed by atoms with van der Waals surface area (Å²) in [6, 6.07) is 14.9. The van der Waals surface area contributed by atoms with E-state index in [0.29, 0.717) is 16.7 Å². The van der Waals surface area contributed by atoms with E-state index in [0.717, 1.165) is 11.1 Å². The fourth-order valence-corrected chi connectivity index (χ4v) is 3.61. The molecule has 0 spiro atoms. The number of rotatable bonds is 1. The molecule has 0 aromatic heterocycles.